The van der Waals surface area contributed by atoms with Crippen molar-refractivity contribution in [1.29, 1.82) is 0 Å². The first-order chi connectivity index (χ1) is 12.2. The number of aryl methyl sites for hydroxylation is 1. The lowest BCUT2D eigenvalue weighted by atomic mass is 10.1. The van der Waals surface area contributed by atoms with Gasteiger partial charge in [-0.2, -0.15) is 0 Å². The normalized spacial score (nSPS) is 10.6. The standard InChI is InChI=1S/C19H18N2O3S/c1-3-13-4-6-14(7-5-13)17(22)12-25-19-21-20-18(24-19)15-8-10-16(23-2)11-9-15/h4-11H,3,12H2,1-2H3. The first-order valence-corrected chi connectivity index (χ1v) is 8.91. The second kappa shape index (κ2) is 7.98. The Balaban J connectivity index is 1.61. The number of ether oxygens (including phenoxy) is 1. The molecule has 0 aliphatic heterocycles. The fraction of sp³-hybridized carbons (Fsp3) is 0.211. The maximum Gasteiger partial charge on any atom is 0.277 e. The third-order valence-corrected chi connectivity index (χ3v) is 4.57. The van der Waals surface area contributed by atoms with Crippen LogP contribution in [0.1, 0.15) is 22.8 Å². The maximum atomic E-state index is 12.2. The summed E-state index contributed by atoms with van der Waals surface area (Å²) >= 11 is 1.24. The molecule has 0 amide bonds. The third kappa shape index (κ3) is 4.28. The molecular weight excluding hydrogens is 336 g/mol. The Labute approximate surface area is 150 Å². The van der Waals surface area contributed by atoms with Crippen LogP contribution in [0.3, 0.4) is 0 Å². The molecule has 1 heterocycles. The largest absolute Gasteiger partial charge is 0.497 e. The fourth-order valence-electron chi connectivity index (χ4n) is 2.26. The highest BCUT2D eigenvalue weighted by Crippen LogP contribution is 2.25. The Morgan fingerprint density at radius 3 is 2.44 bits per heavy atom. The Kier molecular flexibility index (Phi) is 5.50. The van der Waals surface area contributed by atoms with Gasteiger partial charge in [0.15, 0.2) is 5.78 Å². The van der Waals surface area contributed by atoms with Gasteiger partial charge in [0.2, 0.25) is 5.89 Å². The molecule has 25 heavy (non-hydrogen) atoms. The predicted molar refractivity (Wildman–Crippen MR) is 97.2 cm³/mol. The van der Waals surface area contributed by atoms with Gasteiger partial charge in [-0.25, -0.2) is 0 Å². The van der Waals surface area contributed by atoms with E-state index in [-0.39, 0.29) is 11.5 Å². The second-order valence-corrected chi connectivity index (χ2v) is 6.29. The van der Waals surface area contributed by atoms with Gasteiger partial charge in [-0.1, -0.05) is 43.0 Å². The summed E-state index contributed by atoms with van der Waals surface area (Å²) in [4.78, 5) is 12.2. The van der Waals surface area contributed by atoms with Gasteiger partial charge in [0, 0.05) is 11.1 Å². The van der Waals surface area contributed by atoms with E-state index in [1.165, 1.54) is 17.3 Å². The lowest BCUT2D eigenvalue weighted by molar-refractivity contribution is 0.102. The number of benzene rings is 2. The molecule has 2 aromatic carbocycles. The minimum Gasteiger partial charge on any atom is -0.497 e. The second-order valence-electron chi connectivity index (χ2n) is 5.36. The fourth-order valence-corrected chi connectivity index (χ4v) is 2.91. The van der Waals surface area contributed by atoms with Gasteiger partial charge < -0.3 is 9.15 Å². The average molecular weight is 354 g/mol. The van der Waals surface area contributed by atoms with Crippen molar-refractivity contribution in [1.82, 2.24) is 10.2 Å². The van der Waals surface area contributed by atoms with Crippen molar-refractivity contribution < 1.29 is 13.9 Å². The van der Waals surface area contributed by atoms with Crippen LogP contribution in [0.15, 0.2) is 58.2 Å². The van der Waals surface area contributed by atoms with Crippen LogP contribution in [-0.2, 0) is 6.42 Å². The van der Waals surface area contributed by atoms with Crippen LogP contribution in [0.5, 0.6) is 5.75 Å². The van der Waals surface area contributed by atoms with E-state index in [1.54, 1.807) is 7.11 Å². The van der Waals surface area contributed by atoms with Crippen LogP contribution in [0.4, 0.5) is 0 Å². The number of hydrogen-bond donors (Lipinski definition) is 0. The van der Waals surface area contributed by atoms with Crippen molar-refractivity contribution in [2.45, 2.75) is 18.6 Å². The van der Waals surface area contributed by atoms with Crippen molar-refractivity contribution in [2.75, 3.05) is 12.9 Å². The molecule has 1 aromatic heterocycles. The Morgan fingerprint density at radius 1 is 1.08 bits per heavy atom. The minimum atomic E-state index is 0.0388. The summed E-state index contributed by atoms with van der Waals surface area (Å²) in [5, 5.41) is 8.40. The highest BCUT2D eigenvalue weighted by Gasteiger charge is 2.12. The molecule has 0 aliphatic rings. The van der Waals surface area contributed by atoms with Crippen molar-refractivity contribution in [3.8, 4) is 17.2 Å². The average Bonchev–Trinajstić information content (AvgIpc) is 3.15. The number of rotatable bonds is 7. The van der Waals surface area contributed by atoms with Crippen LogP contribution >= 0.6 is 11.8 Å². The van der Waals surface area contributed by atoms with Gasteiger partial charge in [-0.05, 0) is 36.2 Å². The molecule has 5 nitrogen and oxygen atoms in total. The van der Waals surface area contributed by atoms with Gasteiger partial charge >= 0.3 is 0 Å². The number of ketones is 1. The number of hydrogen-bond acceptors (Lipinski definition) is 6. The summed E-state index contributed by atoms with van der Waals surface area (Å²) in [6.45, 7) is 2.09. The molecule has 0 fully saturated rings. The predicted octanol–water partition coefficient (Wildman–Crippen LogP) is 4.28. The van der Waals surface area contributed by atoms with E-state index >= 15 is 0 Å². The first kappa shape index (κ1) is 17.2. The van der Waals surface area contributed by atoms with E-state index in [1.807, 2.05) is 48.5 Å². The molecule has 0 saturated heterocycles. The number of carbonyl (C=O) groups excluding carboxylic acids is 1. The molecule has 0 saturated carbocycles. The molecule has 6 heteroatoms. The molecule has 0 radical (unpaired) electrons. The van der Waals surface area contributed by atoms with Crippen LogP contribution in [-0.4, -0.2) is 28.8 Å². The van der Waals surface area contributed by atoms with Crippen LogP contribution in [0.2, 0.25) is 0 Å². The smallest absolute Gasteiger partial charge is 0.277 e. The molecule has 3 aromatic rings. The van der Waals surface area contributed by atoms with E-state index in [9.17, 15) is 4.79 Å². The molecular formula is C19H18N2O3S. The summed E-state index contributed by atoms with van der Waals surface area (Å²) in [6.07, 6.45) is 0.958. The highest BCUT2D eigenvalue weighted by molar-refractivity contribution is 7.99. The summed E-state index contributed by atoms with van der Waals surface area (Å²) < 4.78 is 10.7. The van der Waals surface area contributed by atoms with Gasteiger partial charge in [0.05, 0.1) is 12.9 Å². The Morgan fingerprint density at radius 2 is 1.80 bits per heavy atom. The molecule has 128 valence electrons. The number of Topliss-reactive ketones (excluding diaryl/α,β-unsaturated/α-hetero) is 1. The topological polar surface area (TPSA) is 65.2 Å². The molecule has 0 bridgehead atoms. The molecule has 0 unspecified atom stereocenters. The quantitative estimate of drug-likeness (QED) is 0.466. The molecule has 0 atom stereocenters. The summed E-state index contributed by atoms with van der Waals surface area (Å²) in [6, 6.07) is 15.0. The Bertz CT molecular complexity index is 842. The third-order valence-electron chi connectivity index (χ3n) is 3.75. The number of thioether (sulfide) groups is 1. The van der Waals surface area contributed by atoms with Crippen LogP contribution < -0.4 is 4.74 Å². The van der Waals surface area contributed by atoms with Crippen molar-refractivity contribution in [2.24, 2.45) is 0 Å². The number of carbonyl (C=O) groups is 1. The SMILES string of the molecule is CCc1ccc(C(=O)CSc2nnc(-c3ccc(OC)cc3)o2)cc1. The first-order valence-electron chi connectivity index (χ1n) is 7.92. The monoisotopic (exact) mass is 354 g/mol. The van der Waals surface area contributed by atoms with Crippen molar-refractivity contribution >= 4 is 17.5 Å². The number of nitrogens with zero attached hydrogens (tertiary/aromatic N) is 2. The van der Waals surface area contributed by atoms with Crippen LogP contribution in [0.25, 0.3) is 11.5 Å². The van der Waals surface area contributed by atoms with E-state index < -0.39 is 0 Å². The zero-order chi connectivity index (χ0) is 17.6. The van der Waals surface area contributed by atoms with E-state index in [4.69, 9.17) is 9.15 Å². The molecule has 3 rings (SSSR count). The summed E-state index contributed by atoms with van der Waals surface area (Å²) in [5.41, 5.74) is 2.71. The molecule has 0 N–H and O–H groups in total. The van der Waals surface area contributed by atoms with Gasteiger partial charge in [0.1, 0.15) is 5.75 Å². The zero-order valence-electron chi connectivity index (χ0n) is 14.1. The van der Waals surface area contributed by atoms with Crippen molar-refractivity contribution in [3.05, 3.63) is 59.7 Å². The van der Waals surface area contributed by atoms with Gasteiger partial charge in [-0.15, -0.1) is 10.2 Å². The molecule has 0 spiro atoms. The molecule has 0 aliphatic carbocycles. The van der Waals surface area contributed by atoms with Crippen molar-refractivity contribution in [3.63, 3.8) is 0 Å². The zero-order valence-corrected chi connectivity index (χ0v) is 14.9. The van der Waals surface area contributed by atoms with E-state index in [2.05, 4.69) is 17.1 Å². The number of aromatic nitrogens is 2. The van der Waals surface area contributed by atoms with Crippen LogP contribution in [0, 0.1) is 0 Å². The highest BCUT2D eigenvalue weighted by atomic mass is 32.2. The lowest BCUT2D eigenvalue weighted by Crippen LogP contribution is -2.02. The summed E-state index contributed by atoms with van der Waals surface area (Å²) in [5.74, 6) is 1.48. The van der Waals surface area contributed by atoms with Gasteiger partial charge in [-0.3, -0.25) is 4.79 Å². The van der Waals surface area contributed by atoms with E-state index in [0.717, 1.165) is 17.7 Å². The Hall–Kier alpha value is -2.60. The van der Waals surface area contributed by atoms with Gasteiger partial charge in [0.25, 0.3) is 5.22 Å². The number of methoxy groups -OCH3 is 1. The summed E-state index contributed by atoms with van der Waals surface area (Å²) in [7, 11) is 1.61. The van der Waals surface area contributed by atoms with E-state index in [0.29, 0.717) is 16.7 Å². The lowest BCUT2D eigenvalue weighted by Gasteiger charge is -2.01. The maximum absolute atomic E-state index is 12.2. The minimum absolute atomic E-state index is 0.0388.